The monoisotopic (exact) mass is 318 g/mol. The predicted octanol–water partition coefficient (Wildman–Crippen LogP) is 2.58. The van der Waals surface area contributed by atoms with Gasteiger partial charge in [0, 0.05) is 32.2 Å². The Hall–Kier alpha value is -1.59. The highest BCUT2D eigenvalue weighted by atomic mass is 16.5. The molecule has 0 saturated carbocycles. The van der Waals surface area contributed by atoms with Crippen LogP contribution in [0.2, 0.25) is 0 Å². The number of ether oxygens (including phenoxy) is 2. The van der Waals surface area contributed by atoms with Crippen LogP contribution in [0.1, 0.15) is 31.4 Å². The second-order valence-corrected chi connectivity index (χ2v) is 6.42. The summed E-state index contributed by atoms with van der Waals surface area (Å²) in [5, 5.41) is 3.09. The molecule has 0 bridgehead atoms. The number of morpholine rings is 1. The molecule has 2 aliphatic heterocycles. The number of nitrogens with zero attached hydrogens (tertiary/aromatic N) is 1. The van der Waals surface area contributed by atoms with Crippen LogP contribution in [0.5, 0.6) is 0 Å². The summed E-state index contributed by atoms with van der Waals surface area (Å²) >= 11 is 0. The summed E-state index contributed by atoms with van der Waals surface area (Å²) in [7, 11) is 0. The highest BCUT2D eigenvalue weighted by Crippen LogP contribution is 2.33. The van der Waals surface area contributed by atoms with E-state index in [1.54, 1.807) is 0 Å². The molecule has 0 aromatic heterocycles. The van der Waals surface area contributed by atoms with Crippen LogP contribution in [0.3, 0.4) is 0 Å². The van der Waals surface area contributed by atoms with Crippen molar-refractivity contribution in [3.63, 3.8) is 0 Å². The Labute approximate surface area is 137 Å². The summed E-state index contributed by atoms with van der Waals surface area (Å²) in [4.78, 5) is 14.2. The summed E-state index contributed by atoms with van der Waals surface area (Å²) < 4.78 is 11.5. The summed E-state index contributed by atoms with van der Waals surface area (Å²) in [6.45, 7) is 5.40. The fraction of sp³-hybridized carbons (Fsp3) is 0.611. The Bertz CT molecular complexity index is 508. The lowest BCUT2D eigenvalue weighted by molar-refractivity contribution is -0.0284. The van der Waals surface area contributed by atoms with Gasteiger partial charge in [-0.15, -0.1) is 0 Å². The lowest BCUT2D eigenvalue weighted by Crippen LogP contribution is -2.50. The van der Waals surface area contributed by atoms with E-state index in [0.29, 0.717) is 32.2 Å². The molecule has 23 heavy (non-hydrogen) atoms. The van der Waals surface area contributed by atoms with Crippen molar-refractivity contribution in [3.8, 4) is 0 Å². The molecule has 2 fully saturated rings. The molecule has 2 aliphatic rings. The first-order chi connectivity index (χ1) is 11.2. The van der Waals surface area contributed by atoms with E-state index in [0.717, 1.165) is 19.4 Å². The van der Waals surface area contributed by atoms with E-state index in [1.165, 1.54) is 5.56 Å². The van der Waals surface area contributed by atoms with Crippen LogP contribution >= 0.6 is 0 Å². The lowest BCUT2D eigenvalue weighted by Gasteiger charge is -2.34. The predicted molar refractivity (Wildman–Crippen MR) is 88.2 cm³/mol. The van der Waals surface area contributed by atoms with E-state index >= 15 is 0 Å². The van der Waals surface area contributed by atoms with E-state index in [-0.39, 0.29) is 18.2 Å². The molecular weight excluding hydrogens is 292 g/mol. The molecule has 2 heterocycles. The standard InChI is InChI=1S/C18H26N2O3/c1-14-13-20(9-11-22-14)18(21)19-12-16-8-5-10-23-17(16)15-6-3-2-4-7-15/h2-4,6-7,14,16-17H,5,8-13H2,1H3,(H,19,21). The molecular formula is C18H26N2O3. The van der Waals surface area contributed by atoms with Gasteiger partial charge in [0.25, 0.3) is 0 Å². The minimum absolute atomic E-state index is 0.0116. The summed E-state index contributed by atoms with van der Waals surface area (Å²) in [6.07, 6.45) is 2.33. The fourth-order valence-electron chi connectivity index (χ4n) is 3.40. The van der Waals surface area contributed by atoms with E-state index in [4.69, 9.17) is 9.47 Å². The van der Waals surface area contributed by atoms with E-state index in [2.05, 4.69) is 17.4 Å². The minimum atomic E-state index is 0.0116. The molecule has 1 aromatic rings. The molecule has 126 valence electrons. The van der Waals surface area contributed by atoms with Crippen molar-refractivity contribution in [2.75, 3.05) is 32.8 Å². The van der Waals surface area contributed by atoms with E-state index in [1.807, 2.05) is 30.0 Å². The molecule has 2 saturated heterocycles. The smallest absolute Gasteiger partial charge is 0.317 e. The Morgan fingerprint density at radius 2 is 2.09 bits per heavy atom. The largest absolute Gasteiger partial charge is 0.375 e. The average Bonchev–Trinajstić information content (AvgIpc) is 2.60. The Balaban J connectivity index is 1.56. The van der Waals surface area contributed by atoms with Crippen molar-refractivity contribution in [2.24, 2.45) is 5.92 Å². The zero-order valence-corrected chi connectivity index (χ0v) is 13.7. The summed E-state index contributed by atoms with van der Waals surface area (Å²) in [5.74, 6) is 0.327. The highest BCUT2D eigenvalue weighted by Gasteiger charge is 2.29. The zero-order chi connectivity index (χ0) is 16.1. The number of hydrogen-bond donors (Lipinski definition) is 1. The summed E-state index contributed by atoms with van der Waals surface area (Å²) in [5.41, 5.74) is 1.20. The quantitative estimate of drug-likeness (QED) is 0.932. The number of hydrogen-bond acceptors (Lipinski definition) is 3. The topological polar surface area (TPSA) is 50.8 Å². The lowest BCUT2D eigenvalue weighted by atomic mass is 9.89. The second-order valence-electron chi connectivity index (χ2n) is 6.42. The first-order valence-electron chi connectivity index (χ1n) is 8.55. The van der Waals surface area contributed by atoms with Gasteiger partial charge in [-0.05, 0) is 25.3 Å². The fourth-order valence-corrected chi connectivity index (χ4v) is 3.40. The third-order valence-corrected chi connectivity index (χ3v) is 4.62. The van der Waals surface area contributed by atoms with Gasteiger partial charge in [-0.25, -0.2) is 4.79 Å². The first-order valence-corrected chi connectivity index (χ1v) is 8.55. The maximum absolute atomic E-state index is 12.3. The summed E-state index contributed by atoms with van der Waals surface area (Å²) in [6, 6.07) is 10.3. The van der Waals surface area contributed by atoms with Gasteiger partial charge in [-0.1, -0.05) is 30.3 Å². The van der Waals surface area contributed by atoms with Crippen LogP contribution in [0.4, 0.5) is 4.79 Å². The minimum Gasteiger partial charge on any atom is -0.375 e. The molecule has 3 rings (SSSR count). The molecule has 3 unspecified atom stereocenters. The molecule has 0 radical (unpaired) electrons. The molecule has 1 N–H and O–H groups in total. The number of carbonyl (C=O) groups excluding carboxylic acids is 1. The van der Waals surface area contributed by atoms with Gasteiger partial charge in [0.05, 0.1) is 18.8 Å². The maximum atomic E-state index is 12.3. The molecule has 3 atom stereocenters. The zero-order valence-electron chi connectivity index (χ0n) is 13.7. The van der Waals surface area contributed by atoms with Gasteiger partial charge in [-0.3, -0.25) is 0 Å². The van der Waals surface area contributed by atoms with Crippen LogP contribution in [0, 0.1) is 5.92 Å². The van der Waals surface area contributed by atoms with Crippen LogP contribution in [-0.2, 0) is 9.47 Å². The number of rotatable bonds is 3. The molecule has 5 heteroatoms. The maximum Gasteiger partial charge on any atom is 0.317 e. The van der Waals surface area contributed by atoms with E-state index < -0.39 is 0 Å². The Morgan fingerprint density at radius 1 is 1.26 bits per heavy atom. The van der Waals surface area contributed by atoms with Crippen LogP contribution in [0.15, 0.2) is 30.3 Å². The number of amides is 2. The Morgan fingerprint density at radius 3 is 2.87 bits per heavy atom. The molecule has 1 aromatic carbocycles. The van der Waals surface area contributed by atoms with Crippen LogP contribution in [-0.4, -0.2) is 49.9 Å². The van der Waals surface area contributed by atoms with Crippen molar-refractivity contribution in [1.29, 1.82) is 0 Å². The number of urea groups is 1. The van der Waals surface area contributed by atoms with Crippen molar-refractivity contribution in [2.45, 2.75) is 32.0 Å². The van der Waals surface area contributed by atoms with Crippen LogP contribution in [0.25, 0.3) is 0 Å². The van der Waals surface area contributed by atoms with E-state index in [9.17, 15) is 4.79 Å². The Kier molecular flexibility index (Phi) is 5.51. The first kappa shape index (κ1) is 16.3. The SMILES string of the molecule is CC1CN(C(=O)NCC2CCCOC2c2ccccc2)CCO1. The van der Waals surface area contributed by atoms with Gasteiger partial charge in [0.15, 0.2) is 0 Å². The molecule has 5 nitrogen and oxygen atoms in total. The van der Waals surface area contributed by atoms with Crippen molar-refractivity contribution < 1.29 is 14.3 Å². The van der Waals surface area contributed by atoms with Crippen molar-refractivity contribution in [1.82, 2.24) is 10.2 Å². The number of carbonyl (C=O) groups is 1. The number of benzene rings is 1. The van der Waals surface area contributed by atoms with Crippen molar-refractivity contribution >= 4 is 6.03 Å². The van der Waals surface area contributed by atoms with Crippen molar-refractivity contribution in [3.05, 3.63) is 35.9 Å². The average molecular weight is 318 g/mol. The molecule has 2 amide bonds. The molecule has 0 aliphatic carbocycles. The van der Waals surface area contributed by atoms with Gasteiger partial charge in [-0.2, -0.15) is 0 Å². The second kappa shape index (κ2) is 7.79. The number of nitrogens with one attached hydrogen (secondary N) is 1. The van der Waals surface area contributed by atoms with Gasteiger partial charge < -0.3 is 19.7 Å². The van der Waals surface area contributed by atoms with Gasteiger partial charge in [0.2, 0.25) is 0 Å². The highest BCUT2D eigenvalue weighted by molar-refractivity contribution is 5.74. The van der Waals surface area contributed by atoms with Gasteiger partial charge >= 0.3 is 6.03 Å². The van der Waals surface area contributed by atoms with Gasteiger partial charge in [0.1, 0.15) is 0 Å². The van der Waals surface area contributed by atoms with Crippen LogP contribution < -0.4 is 5.32 Å². The third kappa shape index (κ3) is 4.24. The molecule has 0 spiro atoms. The third-order valence-electron chi connectivity index (χ3n) is 4.62. The normalized spacial score (nSPS) is 28.4.